The Kier molecular flexibility index (Phi) is 7.99. The fourth-order valence-electron chi connectivity index (χ4n) is 5.69. The number of piperazine rings is 1. The Hall–Kier alpha value is -3.62. The predicted octanol–water partition coefficient (Wildman–Crippen LogP) is 4.14. The first-order chi connectivity index (χ1) is 20.1. The monoisotopic (exact) mass is 637 g/mol. The average Bonchev–Trinajstić information content (AvgIpc) is 3.16. The third-order valence-electron chi connectivity index (χ3n) is 7.97. The fourth-order valence-corrected chi connectivity index (χ4v) is 7.06. The Morgan fingerprint density at radius 1 is 1.16 bits per heavy atom. The van der Waals surface area contributed by atoms with E-state index < -0.39 is 12.1 Å². The highest BCUT2D eigenvalue weighted by Gasteiger charge is 2.72. The lowest BCUT2D eigenvalue weighted by Gasteiger charge is -2.28. The summed E-state index contributed by atoms with van der Waals surface area (Å²) < 4.78 is 32.6. The van der Waals surface area contributed by atoms with Crippen LogP contribution in [0, 0.1) is 24.2 Å². The van der Waals surface area contributed by atoms with Gasteiger partial charge in [-0.1, -0.05) is 25.4 Å². The summed E-state index contributed by atoms with van der Waals surface area (Å²) in [5.74, 6) is -3.40. The zero-order valence-corrected chi connectivity index (χ0v) is 24.9. The van der Waals surface area contributed by atoms with Gasteiger partial charge in [0.25, 0.3) is 5.91 Å². The number of nitrogens with one attached hydrogen (secondary N) is 1. The minimum absolute atomic E-state index is 0.0648. The number of carboxylic acids is 1. The molecule has 2 unspecified atom stereocenters. The van der Waals surface area contributed by atoms with Crippen molar-refractivity contribution in [3.63, 3.8) is 0 Å². The molecular formula is C28H27ClF3N5O5S. The molecule has 2 saturated heterocycles. The number of carbonyl (C=O) groups excluding carboxylic acids is 3. The molecule has 5 heterocycles. The van der Waals surface area contributed by atoms with Gasteiger partial charge in [0.15, 0.2) is 0 Å². The van der Waals surface area contributed by atoms with Crippen LogP contribution in [0.15, 0.2) is 24.4 Å². The molecule has 3 aromatic heterocycles. The van der Waals surface area contributed by atoms with Crippen LogP contribution in [0.25, 0.3) is 21.5 Å². The largest absolute Gasteiger partial charge is 0.490 e. The lowest BCUT2D eigenvalue weighted by Crippen LogP contribution is -2.46. The van der Waals surface area contributed by atoms with Crippen LogP contribution in [0.5, 0.6) is 0 Å². The van der Waals surface area contributed by atoms with Crippen molar-refractivity contribution in [1.29, 1.82) is 0 Å². The molecule has 1 aliphatic carbocycles. The second-order valence-electron chi connectivity index (χ2n) is 11.2. The van der Waals surface area contributed by atoms with Crippen LogP contribution in [-0.2, 0) is 20.9 Å². The molecule has 3 amide bonds. The molecule has 228 valence electrons. The van der Waals surface area contributed by atoms with Gasteiger partial charge in [0.1, 0.15) is 5.15 Å². The minimum Gasteiger partial charge on any atom is -0.475 e. The number of carbonyl (C=O) groups is 4. The second-order valence-corrected chi connectivity index (χ2v) is 12.7. The summed E-state index contributed by atoms with van der Waals surface area (Å²) in [6.45, 7) is 8.83. The molecule has 6 rings (SSSR count). The Morgan fingerprint density at radius 2 is 1.77 bits per heavy atom. The van der Waals surface area contributed by atoms with Gasteiger partial charge in [0.2, 0.25) is 11.8 Å². The lowest BCUT2D eigenvalue weighted by atomic mass is 10.0. The Morgan fingerprint density at radius 3 is 2.35 bits per heavy atom. The number of rotatable bonds is 4. The topological polar surface area (TPSA) is 133 Å². The lowest BCUT2D eigenvalue weighted by molar-refractivity contribution is -0.192. The number of nitrogens with zero attached hydrogens (tertiary/aromatic N) is 4. The second kappa shape index (κ2) is 11.1. The molecule has 1 saturated carbocycles. The number of aromatic nitrogens is 2. The van der Waals surface area contributed by atoms with Crippen molar-refractivity contribution in [2.45, 2.75) is 33.5 Å². The number of fused-ring (bicyclic) bond motifs is 2. The van der Waals surface area contributed by atoms with Crippen LogP contribution in [0.1, 0.15) is 34.6 Å². The van der Waals surface area contributed by atoms with Crippen molar-refractivity contribution < 1.29 is 37.5 Å². The van der Waals surface area contributed by atoms with Crippen LogP contribution in [0.4, 0.5) is 13.2 Å². The molecule has 0 bridgehead atoms. The zero-order valence-electron chi connectivity index (χ0n) is 23.3. The molecule has 2 N–H and O–H groups in total. The van der Waals surface area contributed by atoms with Crippen molar-refractivity contribution in [3.05, 3.63) is 45.6 Å². The molecule has 3 aromatic rings. The normalized spacial score (nSPS) is 21.0. The molecule has 10 nitrogen and oxygen atoms in total. The summed E-state index contributed by atoms with van der Waals surface area (Å²) in [6.07, 6.45) is -3.39. The number of carboxylic acid groups (broad SMARTS) is 1. The Bertz CT molecular complexity index is 1630. The van der Waals surface area contributed by atoms with E-state index in [1.54, 1.807) is 12.3 Å². The van der Waals surface area contributed by atoms with E-state index in [4.69, 9.17) is 21.5 Å². The van der Waals surface area contributed by atoms with Gasteiger partial charge in [0, 0.05) is 42.8 Å². The summed E-state index contributed by atoms with van der Waals surface area (Å²) in [4.78, 5) is 61.4. The van der Waals surface area contributed by atoms with Gasteiger partial charge in [-0.15, -0.1) is 11.3 Å². The van der Waals surface area contributed by atoms with Crippen LogP contribution < -0.4 is 5.32 Å². The van der Waals surface area contributed by atoms with Gasteiger partial charge in [-0.05, 0) is 36.1 Å². The number of hydrogen-bond donors (Lipinski definition) is 2. The van der Waals surface area contributed by atoms with Crippen LogP contribution in [0.3, 0.4) is 0 Å². The Labute approximate surface area is 252 Å². The highest BCUT2D eigenvalue weighted by molar-refractivity contribution is 7.19. The molecule has 3 aliphatic rings. The number of pyridine rings is 2. The molecule has 0 aromatic carbocycles. The first kappa shape index (κ1) is 30.8. The highest BCUT2D eigenvalue weighted by atomic mass is 35.5. The summed E-state index contributed by atoms with van der Waals surface area (Å²) in [5, 5.41) is 10.7. The number of alkyl halides is 3. The third-order valence-corrected chi connectivity index (χ3v) is 9.31. The third kappa shape index (κ3) is 5.70. The van der Waals surface area contributed by atoms with E-state index >= 15 is 0 Å². The predicted molar refractivity (Wildman–Crippen MR) is 151 cm³/mol. The standard InChI is InChI=1S/C26H26ClN5O3S.C2HF3O2/c1-13-10-17(27)30-21(18(13)23(33)31-8-6-28-7-9-31)15-4-5-29-16-11-14(36-22(15)16)12-32-24(34)19-20(25(32)35)26(19,2)3;3-2(4,5)1(6)7/h4-5,10-11,19-20,28H,6-9,12H2,1-3H3;(H,6,7). The molecule has 0 radical (unpaired) electrons. The molecule has 2 aliphatic heterocycles. The number of imide groups is 1. The number of aryl methyl sites for hydroxylation is 1. The summed E-state index contributed by atoms with van der Waals surface area (Å²) in [7, 11) is 0. The fraction of sp³-hybridized carbons (Fsp3) is 0.429. The van der Waals surface area contributed by atoms with Crippen LogP contribution >= 0.6 is 22.9 Å². The quantitative estimate of drug-likeness (QED) is 0.322. The van der Waals surface area contributed by atoms with Crippen molar-refractivity contribution in [1.82, 2.24) is 25.1 Å². The van der Waals surface area contributed by atoms with E-state index in [0.29, 0.717) is 29.5 Å². The number of amides is 3. The average molecular weight is 638 g/mol. The van der Waals surface area contributed by atoms with Gasteiger partial charge in [0.05, 0.1) is 39.9 Å². The summed E-state index contributed by atoms with van der Waals surface area (Å²) >= 11 is 7.83. The first-order valence-electron chi connectivity index (χ1n) is 13.3. The van der Waals surface area contributed by atoms with E-state index in [1.807, 2.05) is 37.8 Å². The maximum absolute atomic E-state index is 13.6. The maximum Gasteiger partial charge on any atom is 0.490 e. The van der Waals surface area contributed by atoms with Crippen molar-refractivity contribution >= 4 is 56.8 Å². The van der Waals surface area contributed by atoms with Crippen molar-refractivity contribution in [2.24, 2.45) is 17.3 Å². The van der Waals surface area contributed by atoms with E-state index in [0.717, 1.165) is 39.3 Å². The van der Waals surface area contributed by atoms with E-state index in [-0.39, 0.29) is 41.5 Å². The van der Waals surface area contributed by atoms with Crippen molar-refractivity contribution in [2.75, 3.05) is 26.2 Å². The van der Waals surface area contributed by atoms with E-state index in [1.165, 1.54) is 16.2 Å². The number of hydrogen-bond acceptors (Lipinski definition) is 8. The SMILES string of the molecule is Cc1cc(Cl)nc(-c2ccnc3cc(CN4C(=O)C5C(C4=O)C5(C)C)sc23)c1C(=O)N1CCNCC1.O=C(O)C(F)(F)F. The number of likely N-dealkylation sites (tertiary alicyclic amines) is 1. The van der Waals surface area contributed by atoms with Gasteiger partial charge in [-0.2, -0.15) is 13.2 Å². The Balaban J connectivity index is 0.000000472. The molecular weight excluding hydrogens is 611 g/mol. The van der Waals surface area contributed by atoms with Crippen LogP contribution in [0.2, 0.25) is 5.15 Å². The molecule has 43 heavy (non-hydrogen) atoms. The minimum atomic E-state index is -5.08. The maximum atomic E-state index is 13.6. The van der Waals surface area contributed by atoms with E-state index in [2.05, 4.69) is 15.3 Å². The van der Waals surface area contributed by atoms with Gasteiger partial charge >= 0.3 is 12.1 Å². The highest BCUT2D eigenvalue weighted by Crippen LogP contribution is 2.63. The van der Waals surface area contributed by atoms with Gasteiger partial charge in [-0.3, -0.25) is 24.3 Å². The number of thiophene rings is 1. The number of piperidine rings is 1. The van der Waals surface area contributed by atoms with E-state index in [9.17, 15) is 27.6 Å². The van der Waals surface area contributed by atoms with Crippen LogP contribution in [-0.4, -0.2) is 80.9 Å². The molecule has 15 heteroatoms. The molecule has 0 spiro atoms. The summed E-state index contributed by atoms with van der Waals surface area (Å²) in [5.41, 5.74) is 3.10. The smallest absolute Gasteiger partial charge is 0.475 e. The number of halogens is 4. The number of aliphatic carboxylic acids is 1. The molecule has 3 fully saturated rings. The zero-order chi connectivity index (χ0) is 31.4. The first-order valence-corrected chi connectivity index (χ1v) is 14.5. The molecule has 2 atom stereocenters. The summed E-state index contributed by atoms with van der Waals surface area (Å²) in [6, 6.07) is 5.48. The van der Waals surface area contributed by atoms with Crippen molar-refractivity contribution in [3.8, 4) is 11.3 Å². The van der Waals surface area contributed by atoms with Gasteiger partial charge < -0.3 is 15.3 Å². The van der Waals surface area contributed by atoms with Gasteiger partial charge in [-0.25, -0.2) is 9.78 Å².